The molecule has 0 radical (unpaired) electrons. The Morgan fingerprint density at radius 3 is 2.70 bits per heavy atom. The maximum atomic E-state index is 11.9. The normalized spacial score (nSPS) is 24.6. The summed E-state index contributed by atoms with van der Waals surface area (Å²) in [5.41, 5.74) is 2.35. The van der Waals surface area contributed by atoms with Crippen molar-refractivity contribution in [2.75, 3.05) is 31.2 Å². The van der Waals surface area contributed by atoms with Crippen LogP contribution in [0.2, 0.25) is 10.0 Å². The Morgan fingerprint density at radius 2 is 1.96 bits per heavy atom. The Kier molecular flexibility index (Phi) is 6.85. The van der Waals surface area contributed by atoms with Gasteiger partial charge < -0.3 is 28.8 Å². The second kappa shape index (κ2) is 10.7. The van der Waals surface area contributed by atoms with E-state index in [0.29, 0.717) is 72.6 Å². The summed E-state index contributed by atoms with van der Waals surface area (Å²) in [7, 11) is 0. The van der Waals surface area contributed by atoms with Crippen LogP contribution in [0.25, 0.3) is 11.0 Å². The lowest BCUT2D eigenvalue weighted by molar-refractivity contribution is -0.0716. The monoisotopic (exact) mass is 660 g/mol. The van der Waals surface area contributed by atoms with Crippen LogP contribution >= 0.6 is 23.2 Å². The van der Waals surface area contributed by atoms with Crippen LogP contribution in [-0.4, -0.2) is 68.9 Å². The van der Waals surface area contributed by atoms with Crippen molar-refractivity contribution in [3.8, 4) is 17.6 Å². The number of para-hydroxylation sites is 1. The van der Waals surface area contributed by atoms with Gasteiger partial charge in [0.2, 0.25) is 0 Å². The lowest BCUT2D eigenvalue weighted by Crippen LogP contribution is -2.59. The highest BCUT2D eigenvalue weighted by atomic mass is 35.5. The van der Waals surface area contributed by atoms with E-state index in [1.165, 1.54) is 6.07 Å². The summed E-state index contributed by atoms with van der Waals surface area (Å²) in [6.45, 7) is 5.30. The topological polar surface area (TPSA) is 126 Å². The standard InChI is InChI=1S/C33H30Cl2N6O5/c1-32(27-6-5-20(34)13-37-27)45-26-4-2-3-22(30(26)46-32)40-10-9-39(24-15-44-16-25(24)40)14-28-38-29-21(35)11-19(31(42)43)12-23(29)41(28)18-33(17-36)7-8-33/h2-6,11-13,24-25H,7-10,14-16,18H2,1H3,(H,42,43)/t24-,25+,32+/m1/s1. The Labute approximate surface area is 274 Å². The molecule has 4 aliphatic rings. The lowest BCUT2D eigenvalue weighted by atomic mass is 10.0. The van der Waals surface area contributed by atoms with Crippen molar-refractivity contribution in [1.82, 2.24) is 19.4 Å². The third-order valence-electron chi connectivity index (χ3n) is 9.61. The number of rotatable bonds is 7. The van der Waals surface area contributed by atoms with Gasteiger partial charge in [-0.2, -0.15) is 5.26 Å². The van der Waals surface area contributed by atoms with Gasteiger partial charge >= 0.3 is 5.97 Å². The molecule has 1 aliphatic carbocycles. The molecule has 0 spiro atoms. The summed E-state index contributed by atoms with van der Waals surface area (Å²) in [5, 5.41) is 20.4. The first kappa shape index (κ1) is 29.3. The van der Waals surface area contributed by atoms with Crippen LogP contribution in [0.5, 0.6) is 11.5 Å². The van der Waals surface area contributed by atoms with E-state index in [1.54, 1.807) is 24.4 Å². The molecule has 13 heteroatoms. The van der Waals surface area contributed by atoms with Crippen LogP contribution in [0.1, 0.15) is 41.6 Å². The number of ether oxygens (including phenoxy) is 3. The van der Waals surface area contributed by atoms with Gasteiger partial charge in [-0.05, 0) is 49.2 Å². The van der Waals surface area contributed by atoms with Gasteiger partial charge in [0.25, 0.3) is 5.79 Å². The number of halogens is 2. The first-order chi connectivity index (χ1) is 22.2. The fraction of sp³-hybridized carbons (Fsp3) is 0.394. The van der Waals surface area contributed by atoms with Crippen molar-refractivity contribution in [3.63, 3.8) is 0 Å². The average Bonchev–Trinajstić information content (AvgIpc) is 3.32. The number of pyridine rings is 1. The molecule has 5 heterocycles. The molecule has 0 bridgehead atoms. The van der Waals surface area contributed by atoms with Gasteiger partial charge in [-0.15, -0.1) is 0 Å². The minimum Gasteiger partial charge on any atom is -0.478 e. The first-order valence-corrected chi connectivity index (χ1v) is 16.0. The smallest absolute Gasteiger partial charge is 0.335 e. The predicted molar refractivity (Wildman–Crippen MR) is 169 cm³/mol. The van der Waals surface area contributed by atoms with Crippen LogP contribution in [-0.2, 0) is 23.6 Å². The van der Waals surface area contributed by atoms with E-state index in [9.17, 15) is 15.2 Å². The maximum Gasteiger partial charge on any atom is 0.335 e. The third-order valence-corrected chi connectivity index (χ3v) is 10.1. The second-order valence-electron chi connectivity index (χ2n) is 12.6. The molecule has 0 amide bonds. The number of piperazine rings is 1. The number of hydrogen-bond acceptors (Lipinski definition) is 9. The molecule has 3 atom stereocenters. The van der Waals surface area contributed by atoms with Crippen LogP contribution in [0.15, 0.2) is 48.7 Å². The molecule has 4 aromatic rings. The molecule has 3 aliphatic heterocycles. The number of carboxylic acid groups (broad SMARTS) is 1. The van der Waals surface area contributed by atoms with Crippen molar-refractivity contribution in [1.29, 1.82) is 5.26 Å². The highest BCUT2D eigenvalue weighted by Gasteiger charge is 2.47. The summed E-state index contributed by atoms with van der Waals surface area (Å²) >= 11 is 12.6. The highest BCUT2D eigenvalue weighted by Crippen LogP contribution is 2.50. The first-order valence-electron chi connectivity index (χ1n) is 15.2. The number of nitrogens with zero attached hydrogens (tertiary/aromatic N) is 6. The zero-order valence-corrected chi connectivity index (χ0v) is 26.5. The summed E-state index contributed by atoms with van der Waals surface area (Å²) in [4.78, 5) is 25.9. The zero-order valence-electron chi connectivity index (χ0n) is 24.9. The Balaban J connectivity index is 1.09. The van der Waals surface area contributed by atoms with E-state index in [-0.39, 0.29) is 22.7 Å². The average molecular weight is 662 g/mol. The Morgan fingerprint density at radius 1 is 1.13 bits per heavy atom. The van der Waals surface area contributed by atoms with Crippen LogP contribution in [0, 0.1) is 16.7 Å². The third kappa shape index (κ3) is 4.83. The number of aromatic carboxylic acids is 1. The van der Waals surface area contributed by atoms with E-state index in [4.69, 9.17) is 42.4 Å². The van der Waals surface area contributed by atoms with Gasteiger partial charge in [-0.3, -0.25) is 9.88 Å². The van der Waals surface area contributed by atoms with E-state index < -0.39 is 17.2 Å². The van der Waals surface area contributed by atoms with Gasteiger partial charge in [0.05, 0.1) is 70.1 Å². The van der Waals surface area contributed by atoms with Gasteiger partial charge in [-0.25, -0.2) is 9.78 Å². The number of benzene rings is 2. The summed E-state index contributed by atoms with van der Waals surface area (Å²) < 4.78 is 20.9. The van der Waals surface area contributed by atoms with Crippen molar-refractivity contribution in [3.05, 3.63) is 75.8 Å². The van der Waals surface area contributed by atoms with Crippen molar-refractivity contribution >= 4 is 45.9 Å². The highest BCUT2D eigenvalue weighted by molar-refractivity contribution is 6.35. The number of nitriles is 1. The number of anilines is 1. The molecule has 0 unspecified atom stereocenters. The summed E-state index contributed by atoms with van der Waals surface area (Å²) in [6, 6.07) is 15.1. The van der Waals surface area contributed by atoms with Gasteiger partial charge in [0.15, 0.2) is 11.5 Å². The lowest BCUT2D eigenvalue weighted by Gasteiger charge is -2.44. The molecule has 236 valence electrons. The predicted octanol–water partition coefficient (Wildman–Crippen LogP) is 5.47. The van der Waals surface area contributed by atoms with E-state index in [0.717, 1.165) is 24.4 Å². The molecule has 11 nitrogen and oxygen atoms in total. The second-order valence-corrected chi connectivity index (χ2v) is 13.4. The van der Waals surface area contributed by atoms with Gasteiger partial charge in [-0.1, -0.05) is 29.3 Å². The van der Waals surface area contributed by atoms with Crippen molar-refractivity contribution in [2.45, 2.75) is 50.7 Å². The molecular weight excluding hydrogens is 631 g/mol. The molecule has 2 aromatic heterocycles. The van der Waals surface area contributed by atoms with Crippen molar-refractivity contribution < 1.29 is 24.1 Å². The SMILES string of the molecule is C[C@]1(c2ccc(Cl)cn2)Oc2cccc(N3CCN(Cc4nc5c(Cl)cc(C(=O)O)cc5n4CC4(C#N)CC4)[C@@H]4COC[C@@H]43)c2O1. The molecule has 3 fully saturated rings. The fourth-order valence-corrected chi connectivity index (χ4v) is 7.29. The van der Waals surface area contributed by atoms with E-state index >= 15 is 0 Å². The number of carboxylic acids is 1. The van der Waals surface area contributed by atoms with E-state index in [1.807, 2.05) is 29.7 Å². The maximum absolute atomic E-state index is 11.9. The molecule has 2 saturated heterocycles. The number of hydrogen-bond donors (Lipinski definition) is 1. The van der Waals surface area contributed by atoms with Crippen LogP contribution in [0.4, 0.5) is 5.69 Å². The zero-order chi connectivity index (χ0) is 31.8. The molecule has 1 saturated carbocycles. The van der Waals surface area contributed by atoms with Crippen molar-refractivity contribution in [2.24, 2.45) is 5.41 Å². The van der Waals surface area contributed by atoms with Gasteiger partial charge in [0, 0.05) is 32.8 Å². The molecule has 1 N–H and O–H groups in total. The number of imidazole rings is 1. The molecule has 2 aromatic carbocycles. The quantitative estimate of drug-likeness (QED) is 0.273. The molecular formula is C33H30Cl2N6O5. The minimum atomic E-state index is -1.10. The fourth-order valence-electron chi connectivity index (χ4n) is 6.92. The number of fused-ring (bicyclic) bond motifs is 3. The Bertz CT molecular complexity index is 1920. The largest absolute Gasteiger partial charge is 0.478 e. The number of aromatic nitrogens is 3. The Hall–Kier alpha value is -4.08. The summed E-state index contributed by atoms with van der Waals surface area (Å²) in [5.74, 6) is -0.0958. The molecule has 8 rings (SSSR count). The molecule has 46 heavy (non-hydrogen) atoms. The van der Waals surface area contributed by atoms with E-state index in [2.05, 4.69) is 20.9 Å². The minimum absolute atomic E-state index is 0.0401. The summed E-state index contributed by atoms with van der Waals surface area (Å²) in [6.07, 6.45) is 3.18. The number of carbonyl (C=O) groups is 1. The van der Waals surface area contributed by atoms with Crippen LogP contribution < -0.4 is 14.4 Å². The van der Waals surface area contributed by atoms with Crippen LogP contribution in [0.3, 0.4) is 0 Å². The van der Waals surface area contributed by atoms with Gasteiger partial charge in [0.1, 0.15) is 17.0 Å².